The molecule has 3 N–H and O–H groups in total. The number of nitrogens with zero attached hydrogens (tertiary/aromatic N) is 3. The van der Waals surface area contributed by atoms with Crippen LogP contribution in [0, 0.1) is 0 Å². The first-order valence-electron chi connectivity index (χ1n) is 5.94. The van der Waals surface area contributed by atoms with Gasteiger partial charge in [0, 0.05) is 29.9 Å². The first kappa shape index (κ1) is 16.2. The van der Waals surface area contributed by atoms with Crippen molar-refractivity contribution < 1.29 is 4.79 Å². The van der Waals surface area contributed by atoms with Crippen LogP contribution in [0.5, 0.6) is 0 Å². The molecule has 0 saturated carbocycles. The number of nitrogens with two attached hydrogens (primary N) is 1. The molecule has 0 bridgehead atoms. The Morgan fingerprint density at radius 3 is 2.81 bits per heavy atom. The summed E-state index contributed by atoms with van der Waals surface area (Å²) in [6, 6.07) is 5.40. The third-order valence-corrected chi connectivity index (χ3v) is 5.59. The maximum atomic E-state index is 11.4. The largest absolute Gasteiger partial charge is 0.353 e. The van der Waals surface area contributed by atoms with Crippen LogP contribution in [0.1, 0.15) is 15.9 Å². The van der Waals surface area contributed by atoms with Gasteiger partial charge in [-0.05, 0) is 17.7 Å². The summed E-state index contributed by atoms with van der Waals surface area (Å²) in [4.78, 5) is 13.4. The highest BCUT2D eigenvalue weighted by Gasteiger charge is 2.10. The number of anilines is 1. The smallest absolute Gasteiger partial charge is 0.265 e. The molecule has 0 atom stereocenters. The van der Waals surface area contributed by atoms with E-state index in [1.54, 1.807) is 35.2 Å². The lowest BCUT2D eigenvalue weighted by Crippen LogP contribution is -2.29. The molecule has 1 heterocycles. The molecule has 0 spiro atoms. The number of halogens is 1. The molecule has 0 aliphatic heterocycles. The van der Waals surface area contributed by atoms with Crippen LogP contribution in [0.4, 0.5) is 5.13 Å². The molecule has 0 unspecified atom stereocenters. The highest BCUT2D eigenvalue weighted by molar-refractivity contribution is 9.10. The van der Waals surface area contributed by atoms with E-state index in [1.807, 2.05) is 25.1 Å². The number of hydrazine groups is 1. The third-order valence-electron chi connectivity index (χ3n) is 2.58. The zero-order valence-electron chi connectivity index (χ0n) is 11.5. The molecule has 0 fully saturated rings. The summed E-state index contributed by atoms with van der Waals surface area (Å²) in [6.07, 6.45) is 0. The van der Waals surface area contributed by atoms with E-state index in [4.69, 9.17) is 5.84 Å². The van der Waals surface area contributed by atoms with Gasteiger partial charge in [-0.2, -0.15) is 0 Å². The molecular weight excluding hydrogens is 374 g/mol. The van der Waals surface area contributed by atoms with Crippen molar-refractivity contribution in [3.8, 4) is 0 Å². The number of hydrogen-bond donors (Lipinski definition) is 2. The average Bonchev–Trinajstić information content (AvgIpc) is 2.94. The van der Waals surface area contributed by atoms with Crippen molar-refractivity contribution >= 4 is 50.1 Å². The number of hydrogen-bond acceptors (Lipinski definition) is 7. The van der Waals surface area contributed by atoms with Gasteiger partial charge in [-0.25, -0.2) is 5.84 Å². The van der Waals surface area contributed by atoms with E-state index in [9.17, 15) is 4.79 Å². The van der Waals surface area contributed by atoms with Gasteiger partial charge in [-0.1, -0.05) is 45.1 Å². The highest BCUT2D eigenvalue weighted by Crippen LogP contribution is 2.31. The predicted octanol–water partition coefficient (Wildman–Crippen LogP) is 2.26. The first-order chi connectivity index (χ1) is 10.0. The maximum absolute atomic E-state index is 11.4. The molecule has 6 nitrogen and oxygen atoms in total. The van der Waals surface area contributed by atoms with Crippen molar-refractivity contribution in [3.63, 3.8) is 0 Å². The minimum atomic E-state index is -0.311. The van der Waals surface area contributed by atoms with E-state index in [2.05, 4.69) is 31.6 Å². The van der Waals surface area contributed by atoms with Gasteiger partial charge in [0.15, 0.2) is 4.34 Å². The predicted molar refractivity (Wildman–Crippen MR) is 89.6 cm³/mol. The molecule has 1 amide bonds. The first-order valence-corrected chi connectivity index (χ1v) is 8.53. The van der Waals surface area contributed by atoms with Crippen LogP contribution < -0.4 is 16.2 Å². The van der Waals surface area contributed by atoms with Crippen molar-refractivity contribution in [2.45, 2.75) is 10.1 Å². The minimum Gasteiger partial charge on any atom is -0.353 e. The van der Waals surface area contributed by atoms with Crippen LogP contribution in [0.3, 0.4) is 0 Å². The summed E-state index contributed by atoms with van der Waals surface area (Å²) in [5, 5.41) is 9.11. The molecule has 1 aromatic carbocycles. The van der Waals surface area contributed by atoms with E-state index in [0.29, 0.717) is 5.56 Å². The van der Waals surface area contributed by atoms with Crippen molar-refractivity contribution in [3.05, 3.63) is 33.8 Å². The fraction of sp³-hybridized carbons (Fsp3) is 0.250. The topological polar surface area (TPSA) is 84.1 Å². The number of thioether (sulfide) groups is 1. The standard InChI is InChI=1S/C12H14BrN5OS2/c1-18(2)11-16-17-12(21-11)20-6-8-4-3-7(5-9(8)13)10(19)15-14/h3-5H,6,14H2,1-2H3,(H,15,19). The average molecular weight is 388 g/mol. The molecule has 9 heteroatoms. The quantitative estimate of drug-likeness (QED) is 0.354. The van der Waals surface area contributed by atoms with Gasteiger partial charge < -0.3 is 4.90 Å². The summed E-state index contributed by atoms with van der Waals surface area (Å²) in [7, 11) is 3.87. The van der Waals surface area contributed by atoms with Gasteiger partial charge in [0.25, 0.3) is 5.91 Å². The van der Waals surface area contributed by atoms with Gasteiger partial charge in [0.05, 0.1) is 0 Å². The lowest BCUT2D eigenvalue weighted by Gasteiger charge is -2.06. The fourth-order valence-electron chi connectivity index (χ4n) is 1.47. The molecule has 0 saturated heterocycles. The molecule has 21 heavy (non-hydrogen) atoms. The number of nitrogens with one attached hydrogen (secondary N) is 1. The second kappa shape index (κ2) is 7.21. The Morgan fingerprint density at radius 2 is 2.24 bits per heavy atom. The fourth-order valence-corrected chi connectivity index (χ4v) is 3.94. The molecule has 0 aliphatic rings. The molecule has 1 aromatic heterocycles. The molecular formula is C12H14BrN5OS2. The van der Waals surface area contributed by atoms with Crippen LogP contribution in [0.2, 0.25) is 0 Å². The van der Waals surface area contributed by atoms with E-state index < -0.39 is 0 Å². The number of rotatable bonds is 5. The molecule has 112 valence electrons. The van der Waals surface area contributed by atoms with E-state index in [-0.39, 0.29) is 5.91 Å². The summed E-state index contributed by atoms with van der Waals surface area (Å²) in [5.74, 6) is 5.55. The molecule has 0 radical (unpaired) electrons. The van der Waals surface area contributed by atoms with Gasteiger partial charge in [-0.3, -0.25) is 10.2 Å². The van der Waals surface area contributed by atoms with Gasteiger partial charge in [0.2, 0.25) is 5.13 Å². The van der Waals surface area contributed by atoms with Crippen LogP contribution >= 0.6 is 39.0 Å². The molecule has 0 aliphatic carbocycles. The van der Waals surface area contributed by atoms with Gasteiger partial charge in [-0.15, -0.1) is 10.2 Å². The third kappa shape index (κ3) is 4.16. The van der Waals surface area contributed by atoms with Crippen molar-refractivity contribution in [1.82, 2.24) is 15.6 Å². The van der Waals surface area contributed by atoms with Crippen LogP contribution in [0.15, 0.2) is 27.0 Å². The normalized spacial score (nSPS) is 10.5. The minimum absolute atomic E-state index is 0.311. The molecule has 2 rings (SSSR count). The Labute approximate surface area is 139 Å². The van der Waals surface area contributed by atoms with Crippen molar-refractivity contribution in [2.75, 3.05) is 19.0 Å². The number of nitrogen functional groups attached to an aromatic ring is 1. The molecule has 2 aromatic rings. The van der Waals surface area contributed by atoms with Gasteiger partial charge in [0.1, 0.15) is 0 Å². The Bertz CT molecular complexity index is 646. The number of aromatic nitrogens is 2. The maximum Gasteiger partial charge on any atom is 0.265 e. The number of carbonyl (C=O) groups is 1. The van der Waals surface area contributed by atoms with E-state index in [1.165, 1.54) is 0 Å². The van der Waals surface area contributed by atoms with Gasteiger partial charge >= 0.3 is 0 Å². The zero-order valence-corrected chi connectivity index (χ0v) is 14.7. The lowest BCUT2D eigenvalue weighted by atomic mass is 10.1. The van der Waals surface area contributed by atoms with Crippen molar-refractivity contribution in [1.29, 1.82) is 0 Å². The van der Waals surface area contributed by atoms with Crippen LogP contribution in [-0.2, 0) is 5.75 Å². The van der Waals surface area contributed by atoms with Crippen molar-refractivity contribution in [2.24, 2.45) is 5.84 Å². The van der Waals surface area contributed by atoms with E-state index >= 15 is 0 Å². The van der Waals surface area contributed by atoms with E-state index in [0.717, 1.165) is 25.3 Å². The van der Waals surface area contributed by atoms with Crippen LogP contribution in [0.25, 0.3) is 0 Å². The monoisotopic (exact) mass is 387 g/mol. The second-order valence-electron chi connectivity index (χ2n) is 4.31. The Kier molecular flexibility index (Phi) is 5.57. The SMILES string of the molecule is CN(C)c1nnc(SCc2ccc(C(=O)NN)cc2Br)s1. The Balaban J connectivity index is 2.04. The zero-order chi connectivity index (χ0) is 15.4. The Morgan fingerprint density at radius 1 is 1.48 bits per heavy atom. The van der Waals surface area contributed by atoms with Crippen LogP contribution in [-0.4, -0.2) is 30.2 Å². The number of benzene rings is 1. The summed E-state index contributed by atoms with van der Waals surface area (Å²) in [6.45, 7) is 0. The lowest BCUT2D eigenvalue weighted by molar-refractivity contribution is 0.0953. The number of carbonyl (C=O) groups excluding carboxylic acids is 1. The summed E-state index contributed by atoms with van der Waals surface area (Å²) >= 11 is 6.63. The summed E-state index contributed by atoms with van der Waals surface area (Å²) < 4.78 is 1.78. The highest BCUT2D eigenvalue weighted by atomic mass is 79.9. The second-order valence-corrected chi connectivity index (χ2v) is 7.35. The Hall–Kier alpha value is -1.16. The summed E-state index contributed by atoms with van der Waals surface area (Å²) in [5.41, 5.74) is 3.71. The number of amides is 1.